The molecule has 0 bridgehead atoms. The zero-order valence-corrected chi connectivity index (χ0v) is 10.1. The SMILES string of the molecule is CN1C(=O)COc2ccc(CCCCN)cc21. The summed E-state index contributed by atoms with van der Waals surface area (Å²) in [6.45, 7) is 0.864. The number of benzene rings is 1. The Bertz CT molecular complexity index is 418. The van der Waals surface area contributed by atoms with Gasteiger partial charge in [0.1, 0.15) is 5.75 Å². The molecule has 2 rings (SSSR count). The van der Waals surface area contributed by atoms with Gasteiger partial charge in [-0.3, -0.25) is 4.79 Å². The number of hydrogen-bond acceptors (Lipinski definition) is 3. The Balaban J connectivity index is 2.14. The zero-order chi connectivity index (χ0) is 12.3. The lowest BCUT2D eigenvalue weighted by Crippen LogP contribution is -2.35. The summed E-state index contributed by atoms with van der Waals surface area (Å²) in [6, 6.07) is 6.03. The molecule has 0 atom stereocenters. The summed E-state index contributed by atoms with van der Waals surface area (Å²) in [5, 5.41) is 0. The molecule has 0 saturated carbocycles. The van der Waals surface area contributed by atoms with E-state index in [0.717, 1.165) is 37.2 Å². The largest absolute Gasteiger partial charge is 0.482 e. The van der Waals surface area contributed by atoms with Crippen LogP contribution in [-0.2, 0) is 11.2 Å². The molecule has 0 fully saturated rings. The molecule has 0 radical (unpaired) electrons. The third-order valence-electron chi connectivity index (χ3n) is 3.03. The summed E-state index contributed by atoms with van der Waals surface area (Å²) < 4.78 is 5.38. The van der Waals surface area contributed by atoms with Crippen molar-refractivity contribution in [3.63, 3.8) is 0 Å². The molecule has 1 aliphatic heterocycles. The fraction of sp³-hybridized carbons (Fsp3) is 0.462. The minimum atomic E-state index is -0.00314. The maximum Gasteiger partial charge on any atom is 0.264 e. The lowest BCUT2D eigenvalue weighted by Gasteiger charge is -2.26. The number of nitrogens with two attached hydrogens (primary N) is 1. The Morgan fingerprint density at radius 3 is 3.00 bits per heavy atom. The first kappa shape index (κ1) is 11.9. The molecule has 0 spiro atoms. The van der Waals surface area contributed by atoms with Crippen LogP contribution < -0.4 is 15.4 Å². The smallest absolute Gasteiger partial charge is 0.264 e. The second-order valence-electron chi connectivity index (χ2n) is 4.29. The lowest BCUT2D eigenvalue weighted by atomic mass is 10.1. The number of fused-ring (bicyclic) bond motifs is 1. The zero-order valence-electron chi connectivity index (χ0n) is 10.1. The van der Waals surface area contributed by atoms with Gasteiger partial charge in [-0.2, -0.15) is 0 Å². The molecule has 92 valence electrons. The van der Waals surface area contributed by atoms with E-state index in [1.165, 1.54) is 5.56 Å². The van der Waals surface area contributed by atoms with Crippen LogP contribution in [0.3, 0.4) is 0 Å². The highest BCUT2D eigenvalue weighted by molar-refractivity contribution is 5.97. The summed E-state index contributed by atoms with van der Waals surface area (Å²) in [5.41, 5.74) is 7.56. The van der Waals surface area contributed by atoms with E-state index in [1.54, 1.807) is 11.9 Å². The number of aryl methyl sites for hydroxylation is 1. The first-order chi connectivity index (χ1) is 8.22. The molecular formula is C13H18N2O2. The fourth-order valence-electron chi connectivity index (χ4n) is 1.95. The number of rotatable bonds is 4. The number of likely N-dealkylation sites (N-methyl/N-ethyl adjacent to an activating group) is 1. The third kappa shape index (κ3) is 2.58. The molecule has 1 aromatic carbocycles. The number of carbonyl (C=O) groups is 1. The topological polar surface area (TPSA) is 55.6 Å². The highest BCUT2D eigenvalue weighted by atomic mass is 16.5. The normalized spacial score (nSPS) is 14.5. The van der Waals surface area contributed by atoms with Gasteiger partial charge in [0.05, 0.1) is 5.69 Å². The molecule has 0 aliphatic carbocycles. The number of ether oxygens (including phenoxy) is 1. The van der Waals surface area contributed by atoms with Gasteiger partial charge in [0.25, 0.3) is 5.91 Å². The average molecular weight is 234 g/mol. The first-order valence-corrected chi connectivity index (χ1v) is 5.94. The maximum absolute atomic E-state index is 11.5. The highest BCUT2D eigenvalue weighted by Crippen LogP contribution is 2.32. The molecule has 1 amide bonds. The van der Waals surface area contributed by atoms with Crippen molar-refractivity contribution in [1.82, 2.24) is 0 Å². The summed E-state index contributed by atoms with van der Waals surface area (Å²) in [6.07, 6.45) is 3.10. The van der Waals surface area contributed by atoms with E-state index in [9.17, 15) is 4.79 Å². The van der Waals surface area contributed by atoms with Crippen molar-refractivity contribution in [3.8, 4) is 5.75 Å². The van der Waals surface area contributed by atoms with Gasteiger partial charge in [-0.1, -0.05) is 6.07 Å². The average Bonchev–Trinajstić information content (AvgIpc) is 2.35. The summed E-state index contributed by atoms with van der Waals surface area (Å²) in [4.78, 5) is 13.2. The van der Waals surface area contributed by atoms with Crippen molar-refractivity contribution in [2.75, 3.05) is 25.1 Å². The second-order valence-corrected chi connectivity index (χ2v) is 4.29. The van der Waals surface area contributed by atoms with Gasteiger partial charge in [-0.25, -0.2) is 0 Å². The van der Waals surface area contributed by atoms with E-state index in [-0.39, 0.29) is 12.5 Å². The van der Waals surface area contributed by atoms with Gasteiger partial charge < -0.3 is 15.4 Å². The molecule has 1 aliphatic rings. The Labute approximate surface area is 101 Å². The van der Waals surface area contributed by atoms with E-state index in [1.807, 2.05) is 12.1 Å². The number of nitrogens with zero attached hydrogens (tertiary/aromatic N) is 1. The molecule has 0 unspecified atom stereocenters. The minimum Gasteiger partial charge on any atom is -0.482 e. The van der Waals surface area contributed by atoms with Crippen molar-refractivity contribution in [3.05, 3.63) is 23.8 Å². The Kier molecular flexibility index (Phi) is 3.64. The fourth-order valence-corrected chi connectivity index (χ4v) is 1.95. The molecule has 4 nitrogen and oxygen atoms in total. The third-order valence-corrected chi connectivity index (χ3v) is 3.03. The lowest BCUT2D eigenvalue weighted by molar-refractivity contribution is -0.120. The van der Waals surface area contributed by atoms with E-state index in [4.69, 9.17) is 10.5 Å². The van der Waals surface area contributed by atoms with Crippen molar-refractivity contribution in [1.29, 1.82) is 0 Å². The van der Waals surface area contributed by atoms with Crippen LogP contribution in [0.4, 0.5) is 5.69 Å². The van der Waals surface area contributed by atoms with Crippen molar-refractivity contribution < 1.29 is 9.53 Å². The first-order valence-electron chi connectivity index (χ1n) is 5.94. The van der Waals surface area contributed by atoms with Crippen LogP contribution >= 0.6 is 0 Å². The van der Waals surface area contributed by atoms with Gasteiger partial charge in [-0.05, 0) is 43.5 Å². The number of unbranched alkanes of at least 4 members (excludes halogenated alkanes) is 1. The Morgan fingerprint density at radius 1 is 1.41 bits per heavy atom. The monoisotopic (exact) mass is 234 g/mol. The van der Waals surface area contributed by atoms with Crippen LogP contribution in [0.5, 0.6) is 5.75 Å². The molecule has 2 N–H and O–H groups in total. The molecule has 0 aromatic heterocycles. The number of anilines is 1. The molecule has 0 saturated heterocycles. The van der Waals surface area contributed by atoms with Crippen LogP contribution in [0.1, 0.15) is 18.4 Å². The summed E-state index contributed by atoms with van der Waals surface area (Å²) in [5.74, 6) is 0.784. The second kappa shape index (κ2) is 5.19. The van der Waals surface area contributed by atoms with E-state index in [0.29, 0.717) is 0 Å². The molecular weight excluding hydrogens is 216 g/mol. The molecule has 1 heterocycles. The quantitative estimate of drug-likeness (QED) is 0.799. The molecule has 4 heteroatoms. The maximum atomic E-state index is 11.5. The van der Waals surface area contributed by atoms with Gasteiger partial charge in [0, 0.05) is 7.05 Å². The Hall–Kier alpha value is -1.55. The van der Waals surface area contributed by atoms with Crippen LogP contribution in [0.2, 0.25) is 0 Å². The van der Waals surface area contributed by atoms with Crippen molar-refractivity contribution in [2.45, 2.75) is 19.3 Å². The van der Waals surface area contributed by atoms with Crippen molar-refractivity contribution in [2.24, 2.45) is 5.73 Å². The Morgan fingerprint density at radius 2 is 2.24 bits per heavy atom. The standard InChI is InChI=1S/C13H18N2O2/c1-15-11-8-10(4-2-3-7-14)5-6-12(11)17-9-13(15)16/h5-6,8H,2-4,7,9,14H2,1H3. The summed E-state index contributed by atoms with van der Waals surface area (Å²) >= 11 is 0. The van der Waals surface area contributed by atoms with Crippen LogP contribution in [0.25, 0.3) is 0 Å². The number of hydrogen-bond donors (Lipinski definition) is 1. The van der Waals surface area contributed by atoms with Crippen LogP contribution in [0, 0.1) is 0 Å². The van der Waals surface area contributed by atoms with Gasteiger partial charge >= 0.3 is 0 Å². The van der Waals surface area contributed by atoms with E-state index in [2.05, 4.69) is 6.07 Å². The van der Waals surface area contributed by atoms with Gasteiger partial charge in [0.2, 0.25) is 0 Å². The van der Waals surface area contributed by atoms with Gasteiger partial charge in [-0.15, -0.1) is 0 Å². The predicted molar refractivity (Wildman–Crippen MR) is 67.3 cm³/mol. The number of amides is 1. The highest BCUT2D eigenvalue weighted by Gasteiger charge is 2.21. The number of carbonyl (C=O) groups excluding carboxylic acids is 1. The van der Waals surface area contributed by atoms with Gasteiger partial charge in [0.15, 0.2) is 6.61 Å². The van der Waals surface area contributed by atoms with E-state index >= 15 is 0 Å². The minimum absolute atomic E-state index is 0.00314. The predicted octanol–water partition coefficient (Wildman–Crippen LogP) is 1.32. The molecule has 17 heavy (non-hydrogen) atoms. The van der Waals surface area contributed by atoms with Crippen molar-refractivity contribution >= 4 is 11.6 Å². The van der Waals surface area contributed by atoms with Crippen LogP contribution in [0.15, 0.2) is 18.2 Å². The summed E-state index contributed by atoms with van der Waals surface area (Å²) in [7, 11) is 1.79. The van der Waals surface area contributed by atoms with E-state index < -0.39 is 0 Å². The van der Waals surface area contributed by atoms with Crippen LogP contribution in [-0.4, -0.2) is 26.1 Å². The molecule has 1 aromatic rings.